The zero-order chi connectivity index (χ0) is 13.5. The van der Waals surface area contributed by atoms with Crippen molar-refractivity contribution >= 4 is 5.82 Å². The summed E-state index contributed by atoms with van der Waals surface area (Å²) in [6, 6.07) is 9.49. The highest BCUT2D eigenvalue weighted by atomic mass is 16.5. The highest BCUT2D eigenvalue weighted by Crippen LogP contribution is 2.38. The van der Waals surface area contributed by atoms with Crippen molar-refractivity contribution in [2.24, 2.45) is 0 Å². The van der Waals surface area contributed by atoms with E-state index in [9.17, 15) is 4.79 Å². The number of fused-ring (bicyclic) bond motifs is 1. The molecule has 1 aromatic heterocycles. The van der Waals surface area contributed by atoms with E-state index in [1.165, 1.54) is 6.07 Å². The Balaban J connectivity index is 1.62. The molecule has 5 heteroatoms. The number of aromatic amines is 1. The third kappa shape index (κ3) is 2.05. The third-order valence-corrected chi connectivity index (χ3v) is 3.75. The number of nitrogens with one attached hydrogen (secondary N) is 2. The van der Waals surface area contributed by atoms with Gasteiger partial charge in [-0.25, -0.2) is 4.98 Å². The number of aromatic nitrogens is 2. The van der Waals surface area contributed by atoms with E-state index in [4.69, 9.17) is 4.74 Å². The molecule has 1 saturated carbocycles. The normalized spacial score (nSPS) is 20.3. The first-order chi connectivity index (χ1) is 9.79. The lowest BCUT2D eigenvalue weighted by Gasteiger charge is -2.12. The van der Waals surface area contributed by atoms with E-state index in [2.05, 4.69) is 15.3 Å². The number of H-pyrrole nitrogens is 1. The van der Waals surface area contributed by atoms with Crippen molar-refractivity contribution < 1.29 is 4.74 Å². The quantitative estimate of drug-likeness (QED) is 0.896. The van der Waals surface area contributed by atoms with E-state index < -0.39 is 0 Å². The Bertz CT molecular complexity index is 706. The van der Waals surface area contributed by atoms with Crippen LogP contribution in [0.25, 0.3) is 0 Å². The molecule has 20 heavy (non-hydrogen) atoms. The van der Waals surface area contributed by atoms with Gasteiger partial charge in [-0.3, -0.25) is 4.79 Å². The summed E-state index contributed by atoms with van der Waals surface area (Å²) in [4.78, 5) is 19.0. The van der Waals surface area contributed by atoms with Crippen molar-refractivity contribution in [3.63, 3.8) is 0 Å². The second-order valence-electron chi connectivity index (χ2n) is 5.34. The largest absolute Gasteiger partial charge is 0.491 e. The van der Waals surface area contributed by atoms with Crippen LogP contribution in [-0.2, 0) is 0 Å². The summed E-state index contributed by atoms with van der Waals surface area (Å²) in [7, 11) is 0. The van der Waals surface area contributed by atoms with Crippen molar-refractivity contribution in [3.05, 3.63) is 52.1 Å². The maximum absolute atomic E-state index is 11.7. The van der Waals surface area contributed by atoms with Crippen LogP contribution in [-0.4, -0.2) is 16.6 Å². The predicted octanol–water partition coefficient (Wildman–Crippen LogP) is 2.19. The van der Waals surface area contributed by atoms with E-state index in [0.717, 1.165) is 30.0 Å². The van der Waals surface area contributed by atoms with Gasteiger partial charge in [-0.15, -0.1) is 0 Å². The minimum atomic E-state index is -0.100. The van der Waals surface area contributed by atoms with Crippen molar-refractivity contribution in [1.29, 1.82) is 0 Å². The molecule has 2 aromatic rings. The molecular weight excluding hydrogens is 254 g/mol. The second kappa shape index (κ2) is 4.37. The van der Waals surface area contributed by atoms with Gasteiger partial charge in [-0.1, -0.05) is 18.2 Å². The molecular formula is C15H15N3O2. The maximum Gasteiger partial charge on any atom is 0.252 e. The number of hydrogen-bond acceptors (Lipinski definition) is 4. The van der Waals surface area contributed by atoms with E-state index in [1.54, 1.807) is 0 Å². The Morgan fingerprint density at radius 3 is 3.00 bits per heavy atom. The van der Waals surface area contributed by atoms with Crippen molar-refractivity contribution in [2.45, 2.75) is 24.8 Å². The van der Waals surface area contributed by atoms with Crippen LogP contribution >= 0.6 is 0 Å². The molecule has 2 aliphatic rings. The molecule has 0 bridgehead atoms. The monoisotopic (exact) mass is 269 g/mol. The molecule has 1 unspecified atom stereocenters. The molecule has 2 N–H and O–H groups in total. The Morgan fingerprint density at radius 2 is 2.15 bits per heavy atom. The molecule has 2 heterocycles. The van der Waals surface area contributed by atoms with Crippen LogP contribution in [0.3, 0.4) is 0 Å². The van der Waals surface area contributed by atoms with Gasteiger partial charge in [0.05, 0.1) is 6.04 Å². The minimum Gasteiger partial charge on any atom is -0.491 e. The smallest absolute Gasteiger partial charge is 0.252 e. The highest BCUT2D eigenvalue weighted by molar-refractivity contribution is 5.46. The summed E-state index contributed by atoms with van der Waals surface area (Å²) in [5.41, 5.74) is 1.01. The molecule has 1 atom stereocenters. The van der Waals surface area contributed by atoms with Crippen molar-refractivity contribution in [3.8, 4) is 5.75 Å². The molecule has 1 aliphatic carbocycles. The summed E-state index contributed by atoms with van der Waals surface area (Å²) in [6.07, 6.45) is 2.23. The minimum absolute atomic E-state index is 0.0487. The number of hydrogen-bond donors (Lipinski definition) is 2. The average Bonchev–Trinajstić information content (AvgIpc) is 3.22. The van der Waals surface area contributed by atoms with Crippen LogP contribution in [0.1, 0.15) is 36.2 Å². The molecule has 1 fully saturated rings. The summed E-state index contributed by atoms with van der Waals surface area (Å²) in [6.45, 7) is 0.562. The number of benzene rings is 1. The summed E-state index contributed by atoms with van der Waals surface area (Å²) in [5, 5.41) is 3.30. The number of nitrogens with zero attached hydrogens (tertiary/aromatic N) is 1. The fourth-order valence-electron chi connectivity index (χ4n) is 2.56. The molecule has 0 saturated heterocycles. The Morgan fingerprint density at radius 1 is 1.30 bits per heavy atom. The average molecular weight is 269 g/mol. The predicted molar refractivity (Wildman–Crippen MR) is 75.1 cm³/mol. The van der Waals surface area contributed by atoms with Crippen LogP contribution < -0.4 is 15.6 Å². The molecule has 102 valence electrons. The Kier molecular flexibility index (Phi) is 2.52. The topological polar surface area (TPSA) is 67.0 Å². The summed E-state index contributed by atoms with van der Waals surface area (Å²) in [5.74, 6) is 2.75. The van der Waals surface area contributed by atoms with Gasteiger partial charge in [0.2, 0.25) is 0 Å². The number of ether oxygens (including phenoxy) is 1. The van der Waals surface area contributed by atoms with E-state index in [-0.39, 0.29) is 11.6 Å². The first kappa shape index (κ1) is 11.5. The third-order valence-electron chi connectivity index (χ3n) is 3.75. The zero-order valence-corrected chi connectivity index (χ0v) is 10.9. The van der Waals surface area contributed by atoms with Gasteiger partial charge in [0.1, 0.15) is 24.0 Å². The highest BCUT2D eigenvalue weighted by Gasteiger charge is 2.28. The molecule has 0 spiro atoms. The van der Waals surface area contributed by atoms with Gasteiger partial charge in [0.25, 0.3) is 5.56 Å². The van der Waals surface area contributed by atoms with E-state index >= 15 is 0 Å². The van der Waals surface area contributed by atoms with Crippen molar-refractivity contribution in [1.82, 2.24) is 9.97 Å². The van der Waals surface area contributed by atoms with Crippen LogP contribution in [0.4, 0.5) is 5.82 Å². The van der Waals surface area contributed by atoms with Crippen LogP contribution in [0, 0.1) is 0 Å². The number of rotatable bonds is 3. The lowest BCUT2D eigenvalue weighted by molar-refractivity contribution is 0.339. The Labute approximate surface area is 116 Å². The molecule has 4 rings (SSSR count). The SMILES string of the molecule is O=c1cc(NC2COc3ccccc32)nc(C2CC2)[nH]1. The maximum atomic E-state index is 11.7. The summed E-state index contributed by atoms with van der Waals surface area (Å²) >= 11 is 0. The lowest BCUT2D eigenvalue weighted by atomic mass is 10.1. The lowest BCUT2D eigenvalue weighted by Crippen LogP contribution is -2.17. The van der Waals surface area contributed by atoms with Gasteiger partial charge in [0.15, 0.2) is 0 Å². The number of anilines is 1. The van der Waals surface area contributed by atoms with Gasteiger partial charge < -0.3 is 15.0 Å². The standard InChI is InChI=1S/C15H15N3O2/c19-14-7-13(17-15(18-14)9-5-6-9)16-11-8-20-12-4-2-1-3-10(11)12/h1-4,7,9,11H,5-6,8H2,(H2,16,17,18,19). The van der Waals surface area contributed by atoms with Gasteiger partial charge in [0, 0.05) is 17.5 Å². The number of para-hydroxylation sites is 1. The second-order valence-corrected chi connectivity index (χ2v) is 5.34. The van der Waals surface area contributed by atoms with E-state index in [0.29, 0.717) is 18.3 Å². The first-order valence-corrected chi connectivity index (χ1v) is 6.89. The summed E-state index contributed by atoms with van der Waals surface area (Å²) < 4.78 is 5.63. The van der Waals surface area contributed by atoms with E-state index in [1.807, 2.05) is 24.3 Å². The molecule has 0 radical (unpaired) electrons. The van der Waals surface area contributed by atoms with Gasteiger partial charge in [-0.2, -0.15) is 0 Å². The zero-order valence-electron chi connectivity index (χ0n) is 10.9. The Hall–Kier alpha value is -2.30. The van der Waals surface area contributed by atoms with Crippen LogP contribution in [0.2, 0.25) is 0 Å². The molecule has 1 aliphatic heterocycles. The van der Waals surface area contributed by atoms with Crippen LogP contribution in [0.15, 0.2) is 35.1 Å². The van der Waals surface area contributed by atoms with Crippen molar-refractivity contribution in [2.75, 3.05) is 11.9 Å². The fourth-order valence-corrected chi connectivity index (χ4v) is 2.56. The van der Waals surface area contributed by atoms with Gasteiger partial charge in [-0.05, 0) is 18.9 Å². The van der Waals surface area contributed by atoms with Gasteiger partial charge >= 0.3 is 0 Å². The fraction of sp³-hybridized carbons (Fsp3) is 0.333. The van der Waals surface area contributed by atoms with Crippen LogP contribution in [0.5, 0.6) is 5.75 Å². The molecule has 5 nitrogen and oxygen atoms in total. The first-order valence-electron chi connectivity index (χ1n) is 6.89. The molecule has 0 amide bonds. The molecule has 1 aromatic carbocycles.